The van der Waals surface area contributed by atoms with Gasteiger partial charge in [0, 0.05) is 12.8 Å². The van der Waals surface area contributed by atoms with Gasteiger partial charge in [-0.15, -0.1) is 0 Å². The normalized spacial score (nSPS) is 9.81. The molecule has 0 aromatic carbocycles. The van der Waals surface area contributed by atoms with E-state index in [1.54, 1.807) is 0 Å². The Hall–Kier alpha value is -1.06. The SMILES string of the molecule is CCCCCC(=O)O.CCCCCCCCCCC(=O)O. The second-order valence-corrected chi connectivity index (χ2v) is 5.47. The number of carboxylic acid groups (broad SMARTS) is 2. The van der Waals surface area contributed by atoms with Crippen LogP contribution in [0.5, 0.6) is 0 Å². The van der Waals surface area contributed by atoms with Crippen LogP contribution in [0.15, 0.2) is 0 Å². The van der Waals surface area contributed by atoms with Crippen molar-refractivity contribution in [3.8, 4) is 0 Å². The van der Waals surface area contributed by atoms with Crippen LogP contribution in [-0.2, 0) is 9.59 Å². The highest BCUT2D eigenvalue weighted by Crippen LogP contribution is 2.09. The minimum atomic E-state index is -0.682. The zero-order valence-corrected chi connectivity index (χ0v) is 13.9. The maximum atomic E-state index is 10.2. The molecule has 21 heavy (non-hydrogen) atoms. The lowest BCUT2D eigenvalue weighted by Gasteiger charge is -1.99. The first-order valence-electron chi connectivity index (χ1n) is 8.48. The zero-order valence-electron chi connectivity index (χ0n) is 13.9. The molecule has 0 aliphatic heterocycles. The first-order valence-corrected chi connectivity index (χ1v) is 8.48. The van der Waals surface area contributed by atoms with E-state index in [0.29, 0.717) is 12.8 Å². The van der Waals surface area contributed by atoms with E-state index in [4.69, 9.17) is 10.2 Å². The topological polar surface area (TPSA) is 74.6 Å². The lowest BCUT2D eigenvalue weighted by Crippen LogP contribution is -1.93. The van der Waals surface area contributed by atoms with Crippen LogP contribution in [0.1, 0.15) is 97.3 Å². The van der Waals surface area contributed by atoms with Crippen LogP contribution < -0.4 is 0 Å². The second kappa shape index (κ2) is 18.9. The van der Waals surface area contributed by atoms with E-state index in [2.05, 4.69) is 13.8 Å². The van der Waals surface area contributed by atoms with Crippen molar-refractivity contribution in [2.45, 2.75) is 97.3 Å². The van der Waals surface area contributed by atoms with Crippen molar-refractivity contribution >= 4 is 11.9 Å². The van der Waals surface area contributed by atoms with Crippen LogP contribution in [-0.4, -0.2) is 22.2 Å². The first kappa shape index (κ1) is 22.2. The number of hydrogen-bond donors (Lipinski definition) is 2. The first-order chi connectivity index (χ1) is 10.0. The van der Waals surface area contributed by atoms with Gasteiger partial charge in [0.2, 0.25) is 0 Å². The van der Waals surface area contributed by atoms with E-state index in [9.17, 15) is 9.59 Å². The lowest BCUT2D eigenvalue weighted by atomic mass is 10.1. The molecular formula is C17H34O4. The predicted molar refractivity (Wildman–Crippen MR) is 86.6 cm³/mol. The molecule has 4 nitrogen and oxygen atoms in total. The van der Waals surface area contributed by atoms with Gasteiger partial charge in [-0.2, -0.15) is 0 Å². The molecule has 0 heterocycles. The fraction of sp³-hybridized carbons (Fsp3) is 0.882. The number of hydrogen-bond acceptors (Lipinski definition) is 2. The van der Waals surface area contributed by atoms with E-state index in [0.717, 1.165) is 32.1 Å². The molecule has 0 rings (SSSR count). The van der Waals surface area contributed by atoms with E-state index < -0.39 is 11.9 Å². The number of carbonyl (C=O) groups is 2. The average molecular weight is 302 g/mol. The van der Waals surface area contributed by atoms with Gasteiger partial charge in [0.25, 0.3) is 0 Å². The summed E-state index contributed by atoms with van der Waals surface area (Å²) in [6.45, 7) is 4.27. The molecular weight excluding hydrogens is 268 g/mol. The van der Waals surface area contributed by atoms with Crippen LogP contribution >= 0.6 is 0 Å². The van der Waals surface area contributed by atoms with Crippen LogP contribution in [0.4, 0.5) is 0 Å². The van der Waals surface area contributed by atoms with Crippen molar-refractivity contribution in [3.05, 3.63) is 0 Å². The summed E-state index contributed by atoms with van der Waals surface area (Å²) in [6.07, 6.45) is 13.3. The third-order valence-corrected chi connectivity index (χ3v) is 3.24. The fourth-order valence-corrected chi connectivity index (χ4v) is 1.94. The molecule has 2 N–H and O–H groups in total. The molecule has 0 amide bonds. The second-order valence-electron chi connectivity index (χ2n) is 5.47. The molecule has 4 heteroatoms. The van der Waals surface area contributed by atoms with Gasteiger partial charge in [-0.25, -0.2) is 0 Å². The number of unbranched alkanes of at least 4 members (excludes halogenated alkanes) is 9. The van der Waals surface area contributed by atoms with Gasteiger partial charge in [-0.05, 0) is 12.8 Å². The van der Waals surface area contributed by atoms with Crippen molar-refractivity contribution in [3.63, 3.8) is 0 Å². The van der Waals surface area contributed by atoms with Crippen LogP contribution in [0.3, 0.4) is 0 Å². The lowest BCUT2D eigenvalue weighted by molar-refractivity contribution is -0.138. The number of aliphatic carboxylic acids is 2. The van der Waals surface area contributed by atoms with Crippen molar-refractivity contribution in [2.24, 2.45) is 0 Å². The Balaban J connectivity index is 0. The van der Waals surface area contributed by atoms with Gasteiger partial charge in [-0.3, -0.25) is 9.59 Å². The van der Waals surface area contributed by atoms with Crippen LogP contribution in [0.25, 0.3) is 0 Å². The Morgan fingerprint density at radius 3 is 1.24 bits per heavy atom. The molecule has 0 saturated carbocycles. The summed E-state index contributed by atoms with van der Waals surface area (Å²) in [5.74, 6) is -1.34. The molecule has 0 fully saturated rings. The van der Waals surface area contributed by atoms with Crippen molar-refractivity contribution in [1.82, 2.24) is 0 Å². The molecule has 0 saturated heterocycles. The Kier molecular flexibility index (Phi) is 20.0. The minimum Gasteiger partial charge on any atom is -0.481 e. The van der Waals surface area contributed by atoms with E-state index in [-0.39, 0.29) is 0 Å². The molecule has 0 radical (unpaired) electrons. The fourth-order valence-electron chi connectivity index (χ4n) is 1.94. The van der Waals surface area contributed by atoms with Gasteiger partial charge in [-0.1, -0.05) is 71.6 Å². The van der Waals surface area contributed by atoms with E-state index >= 15 is 0 Å². The predicted octanol–water partition coefficient (Wildman–Crippen LogP) is 5.25. The molecule has 0 spiro atoms. The van der Waals surface area contributed by atoms with Gasteiger partial charge < -0.3 is 10.2 Å². The summed E-state index contributed by atoms with van der Waals surface area (Å²) in [6, 6.07) is 0. The quantitative estimate of drug-likeness (QED) is 0.455. The highest BCUT2D eigenvalue weighted by Gasteiger charge is 1.96. The molecule has 0 aromatic rings. The van der Waals surface area contributed by atoms with Gasteiger partial charge in [0.1, 0.15) is 0 Å². The Morgan fingerprint density at radius 1 is 0.571 bits per heavy atom. The maximum Gasteiger partial charge on any atom is 0.303 e. The molecule has 0 aromatic heterocycles. The van der Waals surface area contributed by atoms with Crippen molar-refractivity contribution in [1.29, 1.82) is 0 Å². The molecule has 0 aliphatic rings. The standard InChI is InChI=1S/C11H22O2.C6H12O2/c1-2-3-4-5-6-7-8-9-10-11(12)13;1-2-3-4-5-6(7)8/h2-10H2,1H3,(H,12,13);2-5H2,1H3,(H,7,8). The monoisotopic (exact) mass is 302 g/mol. The summed E-state index contributed by atoms with van der Waals surface area (Å²) < 4.78 is 0. The number of rotatable bonds is 13. The Labute approximate surface area is 129 Å². The molecule has 0 bridgehead atoms. The van der Waals surface area contributed by atoms with E-state index in [1.807, 2.05) is 0 Å². The number of carboxylic acids is 2. The van der Waals surface area contributed by atoms with Crippen LogP contribution in [0, 0.1) is 0 Å². The zero-order chi connectivity index (χ0) is 16.3. The van der Waals surface area contributed by atoms with Gasteiger partial charge in [0.15, 0.2) is 0 Å². The summed E-state index contributed by atoms with van der Waals surface area (Å²) in [7, 11) is 0. The van der Waals surface area contributed by atoms with Crippen LogP contribution in [0.2, 0.25) is 0 Å². The third kappa shape index (κ3) is 28.0. The summed E-state index contributed by atoms with van der Waals surface area (Å²) in [5, 5.41) is 16.5. The molecule has 126 valence electrons. The average Bonchev–Trinajstić information content (AvgIpc) is 2.42. The Morgan fingerprint density at radius 2 is 0.857 bits per heavy atom. The Bertz CT molecular complexity index is 239. The van der Waals surface area contributed by atoms with E-state index in [1.165, 1.54) is 38.5 Å². The summed E-state index contributed by atoms with van der Waals surface area (Å²) >= 11 is 0. The smallest absolute Gasteiger partial charge is 0.303 e. The summed E-state index contributed by atoms with van der Waals surface area (Å²) in [5.41, 5.74) is 0. The highest BCUT2D eigenvalue weighted by atomic mass is 16.4. The van der Waals surface area contributed by atoms with Gasteiger partial charge in [0.05, 0.1) is 0 Å². The molecule has 0 unspecified atom stereocenters. The van der Waals surface area contributed by atoms with Gasteiger partial charge >= 0.3 is 11.9 Å². The van der Waals surface area contributed by atoms with Crippen molar-refractivity contribution < 1.29 is 19.8 Å². The largest absolute Gasteiger partial charge is 0.481 e. The molecule has 0 atom stereocenters. The third-order valence-electron chi connectivity index (χ3n) is 3.24. The minimum absolute atomic E-state index is 0.327. The highest BCUT2D eigenvalue weighted by molar-refractivity contribution is 5.66. The summed E-state index contributed by atoms with van der Waals surface area (Å²) in [4.78, 5) is 20.0. The van der Waals surface area contributed by atoms with Crippen molar-refractivity contribution in [2.75, 3.05) is 0 Å². The maximum absolute atomic E-state index is 10.2. The molecule has 0 aliphatic carbocycles.